The number of thioether (sulfide) groups is 2. The van der Waals surface area contributed by atoms with Gasteiger partial charge in [-0.25, -0.2) is 4.99 Å². The van der Waals surface area contributed by atoms with E-state index in [2.05, 4.69) is 17.1 Å². The van der Waals surface area contributed by atoms with Crippen LogP contribution in [0.1, 0.15) is 23.6 Å². The van der Waals surface area contributed by atoms with Crippen LogP contribution in [0, 0.1) is 6.92 Å². The van der Waals surface area contributed by atoms with Crippen LogP contribution in [0.15, 0.2) is 59.2 Å². The highest BCUT2D eigenvalue weighted by atomic mass is 32.2. The molecule has 2 aromatic carbocycles. The molecule has 1 aliphatic rings. The maximum atomic E-state index is 12.2. The average Bonchev–Trinajstić information content (AvgIpc) is 2.96. The van der Waals surface area contributed by atoms with Crippen LogP contribution >= 0.6 is 23.5 Å². The third-order valence-electron chi connectivity index (χ3n) is 3.61. The molecule has 0 saturated heterocycles. The Labute approximate surface area is 156 Å². The monoisotopic (exact) mass is 369 g/mol. The highest BCUT2D eigenvalue weighted by molar-refractivity contribution is 8.45. The van der Waals surface area contributed by atoms with E-state index in [1.807, 2.05) is 56.3 Å². The molecule has 0 unspecified atom stereocenters. The second-order valence-corrected chi connectivity index (χ2v) is 7.71. The number of benzene rings is 2. The molecule has 0 bridgehead atoms. The van der Waals surface area contributed by atoms with E-state index in [0.29, 0.717) is 12.3 Å². The Kier molecular flexibility index (Phi) is 6.00. The van der Waals surface area contributed by atoms with Gasteiger partial charge in [-0.05, 0) is 60.5 Å². The summed E-state index contributed by atoms with van der Waals surface area (Å²) < 4.78 is 6.36. The lowest BCUT2D eigenvalue weighted by molar-refractivity contribution is -0.107. The van der Waals surface area contributed by atoms with Crippen molar-refractivity contribution in [3.05, 3.63) is 70.9 Å². The van der Waals surface area contributed by atoms with Gasteiger partial charge < -0.3 is 4.74 Å². The van der Waals surface area contributed by atoms with Crippen LogP contribution in [-0.4, -0.2) is 16.1 Å². The fourth-order valence-corrected chi connectivity index (χ4v) is 4.21. The molecule has 0 spiro atoms. The van der Waals surface area contributed by atoms with Crippen LogP contribution in [0.4, 0.5) is 0 Å². The first kappa shape index (κ1) is 17.8. The van der Waals surface area contributed by atoms with E-state index in [0.717, 1.165) is 27.0 Å². The van der Waals surface area contributed by atoms with Crippen molar-refractivity contribution in [1.82, 2.24) is 0 Å². The minimum atomic E-state index is 0.00194. The van der Waals surface area contributed by atoms with Gasteiger partial charge in [-0.15, -0.1) is 0 Å². The van der Waals surface area contributed by atoms with Crippen LogP contribution in [-0.2, 0) is 10.5 Å². The molecule has 1 heterocycles. The second-order valence-electron chi connectivity index (χ2n) is 5.53. The van der Waals surface area contributed by atoms with E-state index in [4.69, 9.17) is 4.74 Å². The number of carbonyl (C=O) groups is 1. The summed E-state index contributed by atoms with van der Waals surface area (Å²) in [5, 5.41) is 0.00194. The van der Waals surface area contributed by atoms with Crippen LogP contribution in [0.3, 0.4) is 0 Å². The number of ether oxygens (including phenoxy) is 1. The van der Waals surface area contributed by atoms with Crippen LogP contribution in [0.2, 0.25) is 0 Å². The smallest absolute Gasteiger partial charge is 0.244 e. The van der Waals surface area contributed by atoms with Gasteiger partial charge in [0.15, 0.2) is 0 Å². The van der Waals surface area contributed by atoms with Crippen molar-refractivity contribution in [3.8, 4) is 5.75 Å². The summed E-state index contributed by atoms with van der Waals surface area (Å²) in [6, 6.07) is 16.1. The van der Waals surface area contributed by atoms with Gasteiger partial charge in [0, 0.05) is 5.75 Å². The molecule has 0 atom stereocenters. The Hall–Kier alpha value is -1.98. The molecule has 128 valence electrons. The third-order valence-corrected chi connectivity index (χ3v) is 5.69. The van der Waals surface area contributed by atoms with Gasteiger partial charge in [0.05, 0.1) is 6.61 Å². The van der Waals surface area contributed by atoms with Gasteiger partial charge in [-0.2, -0.15) is 0 Å². The van der Waals surface area contributed by atoms with Gasteiger partial charge in [0.2, 0.25) is 5.12 Å². The van der Waals surface area contributed by atoms with E-state index in [1.165, 1.54) is 17.3 Å². The van der Waals surface area contributed by atoms with Crippen molar-refractivity contribution in [3.63, 3.8) is 0 Å². The molecule has 3 nitrogen and oxygen atoms in total. The Morgan fingerprint density at radius 2 is 2.00 bits per heavy atom. The summed E-state index contributed by atoms with van der Waals surface area (Å²) in [5.74, 6) is 1.69. The highest BCUT2D eigenvalue weighted by Gasteiger charge is 2.22. The molecule has 0 amide bonds. The van der Waals surface area contributed by atoms with Gasteiger partial charge in [-0.3, -0.25) is 4.79 Å². The lowest BCUT2D eigenvalue weighted by Gasteiger charge is -2.07. The molecule has 0 fully saturated rings. The molecule has 2 aromatic rings. The zero-order valence-electron chi connectivity index (χ0n) is 14.2. The summed E-state index contributed by atoms with van der Waals surface area (Å²) in [6.07, 6.45) is 1.84. The SMILES string of the molecule is CCOc1ccc(C=C2N=C(SCc3ccccc3)SC2=O)cc1C. The van der Waals surface area contributed by atoms with Crippen molar-refractivity contribution >= 4 is 39.1 Å². The van der Waals surface area contributed by atoms with Crippen molar-refractivity contribution < 1.29 is 9.53 Å². The van der Waals surface area contributed by atoms with Gasteiger partial charge in [-0.1, -0.05) is 48.2 Å². The third kappa shape index (κ3) is 4.77. The number of hydrogen-bond donors (Lipinski definition) is 0. The van der Waals surface area contributed by atoms with Gasteiger partial charge in [0.1, 0.15) is 15.8 Å². The maximum Gasteiger partial charge on any atom is 0.244 e. The fourth-order valence-electron chi connectivity index (χ4n) is 2.41. The Bertz CT molecular complexity index is 829. The first-order chi connectivity index (χ1) is 12.2. The lowest BCUT2D eigenvalue weighted by atomic mass is 10.1. The van der Waals surface area contributed by atoms with Crippen molar-refractivity contribution in [2.24, 2.45) is 4.99 Å². The zero-order valence-corrected chi connectivity index (χ0v) is 15.8. The van der Waals surface area contributed by atoms with E-state index in [-0.39, 0.29) is 5.12 Å². The minimum Gasteiger partial charge on any atom is -0.494 e. The molecule has 0 radical (unpaired) electrons. The Balaban J connectivity index is 1.71. The van der Waals surface area contributed by atoms with Crippen molar-refractivity contribution in [2.75, 3.05) is 6.61 Å². The first-order valence-corrected chi connectivity index (χ1v) is 9.88. The highest BCUT2D eigenvalue weighted by Crippen LogP contribution is 2.33. The van der Waals surface area contributed by atoms with Crippen LogP contribution < -0.4 is 4.74 Å². The molecule has 0 saturated carbocycles. The number of rotatable bonds is 5. The van der Waals surface area contributed by atoms with Gasteiger partial charge in [0.25, 0.3) is 0 Å². The standard InChI is InChI=1S/C20H19NO2S2/c1-3-23-18-10-9-16(11-14(18)2)12-17-19(22)25-20(21-17)24-13-15-7-5-4-6-8-15/h4-12H,3,13H2,1-2H3. The summed E-state index contributed by atoms with van der Waals surface area (Å²) in [5.41, 5.74) is 3.74. The van der Waals surface area contributed by atoms with Crippen LogP contribution in [0.25, 0.3) is 6.08 Å². The number of carbonyl (C=O) groups excluding carboxylic acids is 1. The molecular formula is C20H19NO2S2. The predicted molar refractivity (Wildman–Crippen MR) is 108 cm³/mol. The molecular weight excluding hydrogens is 350 g/mol. The summed E-state index contributed by atoms with van der Waals surface area (Å²) in [4.78, 5) is 16.7. The summed E-state index contributed by atoms with van der Waals surface area (Å²) in [7, 11) is 0. The number of aliphatic imine (C=N–C) groups is 1. The fraction of sp³-hybridized carbons (Fsp3) is 0.200. The number of nitrogens with zero attached hydrogens (tertiary/aromatic N) is 1. The largest absolute Gasteiger partial charge is 0.494 e. The Morgan fingerprint density at radius 1 is 1.20 bits per heavy atom. The van der Waals surface area contributed by atoms with Crippen molar-refractivity contribution in [1.29, 1.82) is 0 Å². The molecule has 3 rings (SSSR count). The van der Waals surface area contributed by atoms with Crippen molar-refractivity contribution in [2.45, 2.75) is 19.6 Å². The average molecular weight is 370 g/mol. The summed E-state index contributed by atoms with van der Waals surface area (Å²) >= 11 is 2.81. The predicted octanol–water partition coefficient (Wildman–Crippen LogP) is 5.30. The minimum absolute atomic E-state index is 0.00194. The van der Waals surface area contributed by atoms with Crippen LogP contribution in [0.5, 0.6) is 5.75 Å². The molecule has 0 N–H and O–H groups in total. The topological polar surface area (TPSA) is 38.7 Å². The van der Waals surface area contributed by atoms with E-state index in [9.17, 15) is 4.79 Å². The van der Waals surface area contributed by atoms with E-state index in [1.54, 1.807) is 11.8 Å². The zero-order chi connectivity index (χ0) is 17.6. The molecule has 0 aliphatic carbocycles. The number of hydrogen-bond acceptors (Lipinski definition) is 5. The maximum absolute atomic E-state index is 12.2. The molecule has 5 heteroatoms. The normalized spacial score (nSPS) is 15.5. The Morgan fingerprint density at radius 3 is 2.72 bits per heavy atom. The molecule has 1 aliphatic heterocycles. The van der Waals surface area contributed by atoms with E-state index >= 15 is 0 Å². The van der Waals surface area contributed by atoms with E-state index < -0.39 is 0 Å². The molecule has 25 heavy (non-hydrogen) atoms. The molecule has 0 aromatic heterocycles. The second kappa shape index (κ2) is 8.41. The summed E-state index contributed by atoms with van der Waals surface area (Å²) in [6.45, 7) is 4.61. The quantitative estimate of drug-likeness (QED) is 0.671. The number of aryl methyl sites for hydroxylation is 1. The first-order valence-electron chi connectivity index (χ1n) is 8.08. The van der Waals surface area contributed by atoms with Gasteiger partial charge >= 0.3 is 0 Å². The lowest BCUT2D eigenvalue weighted by Crippen LogP contribution is -1.94.